The predicted octanol–water partition coefficient (Wildman–Crippen LogP) is 3.59. The van der Waals surface area contributed by atoms with Crippen molar-refractivity contribution < 1.29 is 0 Å². The van der Waals surface area contributed by atoms with Gasteiger partial charge in [0.2, 0.25) is 0 Å². The summed E-state index contributed by atoms with van der Waals surface area (Å²) in [4.78, 5) is 9.12. The molecule has 0 radical (unpaired) electrons. The van der Waals surface area contributed by atoms with Crippen LogP contribution in [0.3, 0.4) is 0 Å². The Hall–Kier alpha value is -2.41. The van der Waals surface area contributed by atoms with Gasteiger partial charge in [-0.1, -0.05) is 0 Å². The van der Waals surface area contributed by atoms with Crippen molar-refractivity contribution in [2.75, 3.05) is 5.32 Å². The maximum Gasteiger partial charge on any atom is 0.148 e. The summed E-state index contributed by atoms with van der Waals surface area (Å²) in [5.41, 5.74) is 5.76. The topological polar surface area (TPSA) is 61.6 Å². The summed E-state index contributed by atoms with van der Waals surface area (Å²) in [5, 5.41) is 12.6. The number of pyridine rings is 2. The van der Waals surface area contributed by atoms with Crippen LogP contribution >= 0.6 is 0 Å². The summed E-state index contributed by atoms with van der Waals surface area (Å²) in [6, 6.07) is 8.18. The zero-order chi connectivity index (χ0) is 14.8. The number of hydrogen-bond acceptors (Lipinski definition) is 4. The van der Waals surface area contributed by atoms with Gasteiger partial charge in [-0.3, -0.25) is 4.98 Å². The molecule has 0 amide bonds. The van der Waals surface area contributed by atoms with Crippen LogP contribution in [0, 0.1) is 25.2 Å². The van der Waals surface area contributed by atoms with E-state index in [1.165, 1.54) is 18.4 Å². The molecule has 4 nitrogen and oxygen atoms in total. The standard InChI is InChI=1S/C17H18N4/c1-11-7-8-15(12(2)19-11)20-17-14(10-18)9-13-5-3-4-6-16(13)21-17/h7-9H,3-6H2,1-2H3,(H,20,21). The van der Waals surface area contributed by atoms with Crippen LogP contribution in [-0.2, 0) is 12.8 Å². The van der Waals surface area contributed by atoms with Crippen molar-refractivity contribution in [3.05, 3.63) is 46.4 Å². The van der Waals surface area contributed by atoms with Gasteiger partial charge < -0.3 is 5.32 Å². The van der Waals surface area contributed by atoms with Gasteiger partial charge in [0.15, 0.2) is 0 Å². The van der Waals surface area contributed by atoms with E-state index in [4.69, 9.17) is 0 Å². The van der Waals surface area contributed by atoms with Crippen LogP contribution < -0.4 is 5.32 Å². The Kier molecular flexibility index (Phi) is 3.57. The normalized spacial score (nSPS) is 13.4. The van der Waals surface area contributed by atoms with Crippen LogP contribution in [0.25, 0.3) is 0 Å². The maximum atomic E-state index is 9.37. The molecule has 0 unspecified atom stereocenters. The van der Waals surface area contributed by atoms with E-state index >= 15 is 0 Å². The highest BCUT2D eigenvalue weighted by molar-refractivity contribution is 5.65. The zero-order valence-electron chi connectivity index (χ0n) is 12.4. The molecule has 0 spiro atoms. The Morgan fingerprint density at radius 3 is 2.71 bits per heavy atom. The molecule has 2 aromatic heterocycles. The quantitative estimate of drug-likeness (QED) is 0.912. The smallest absolute Gasteiger partial charge is 0.148 e. The van der Waals surface area contributed by atoms with Crippen molar-refractivity contribution in [3.8, 4) is 6.07 Å². The van der Waals surface area contributed by atoms with E-state index in [0.29, 0.717) is 11.4 Å². The molecule has 0 aromatic carbocycles. The molecule has 3 rings (SSSR count). The lowest BCUT2D eigenvalue weighted by atomic mass is 9.95. The third-order valence-corrected chi connectivity index (χ3v) is 3.90. The largest absolute Gasteiger partial charge is 0.338 e. The number of nitrogens with zero attached hydrogens (tertiary/aromatic N) is 3. The highest BCUT2D eigenvalue weighted by atomic mass is 15.0. The summed E-state index contributed by atoms with van der Waals surface area (Å²) in [7, 11) is 0. The average Bonchev–Trinajstić information content (AvgIpc) is 2.49. The van der Waals surface area contributed by atoms with Crippen molar-refractivity contribution in [1.82, 2.24) is 9.97 Å². The molecular formula is C17H18N4. The minimum Gasteiger partial charge on any atom is -0.338 e. The van der Waals surface area contributed by atoms with Crippen LogP contribution in [0.1, 0.15) is 41.1 Å². The monoisotopic (exact) mass is 278 g/mol. The van der Waals surface area contributed by atoms with Crippen LogP contribution in [-0.4, -0.2) is 9.97 Å². The molecule has 2 heterocycles. The van der Waals surface area contributed by atoms with Gasteiger partial charge in [0.1, 0.15) is 11.9 Å². The van der Waals surface area contributed by atoms with E-state index in [-0.39, 0.29) is 0 Å². The molecule has 1 N–H and O–H groups in total. The molecule has 4 heteroatoms. The number of aromatic nitrogens is 2. The van der Waals surface area contributed by atoms with E-state index < -0.39 is 0 Å². The Morgan fingerprint density at radius 1 is 1.14 bits per heavy atom. The number of nitrogens with one attached hydrogen (secondary N) is 1. The summed E-state index contributed by atoms with van der Waals surface area (Å²) in [5.74, 6) is 0.645. The minimum absolute atomic E-state index is 0.607. The minimum atomic E-state index is 0.607. The first-order valence-electron chi connectivity index (χ1n) is 7.31. The van der Waals surface area contributed by atoms with Crippen LogP contribution in [0.2, 0.25) is 0 Å². The SMILES string of the molecule is Cc1ccc(Nc2nc3c(cc2C#N)CCCC3)c(C)n1. The molecule has 0 saturated carbocycles. The summed E-state index contributed by atoms with van der Waals surface area (Å²) >= 11 is 0. The number of fused-ring (bicyclic) bond motifs is 1. The molecular weight excluding hydrogens is 260 g/mol. The maximum absolute atomic E-state index is 9.37. The lowest BCUT2D eigenvalue weighted by Crippen LogP contribution is -2.09. The number of nitriles is 1. The van der Waals surface area contributed by atoms with Gasteiger partial charge in [-0.25, -0.2) is 4.98 Å². The summed E-state index contributed by atoms with van der Waals surface area (Å²) in [6.45, 7) is 3.93. The fraction of sp³-hybridized carbons (Fsp3) is 0.353. The van der Waals surface area contributed by atoms with Crippen molar-refractivity contribution in [3.63, 3.8) is 0 Å². The molecule has 1 aliphatic rings. The van der Waals surface area contributed by atoms with E-state index in [0.717, 1.165) is 35.6 Å². The number of rotatable bonds is 2. The van der Waals surface area contributed by atoms with Gasteiger partial charge in [0, 0.05) is 11.4 Å². The second-order valence-electron chi connectivity index (χ2n) is 5.52. The summed E-state index contributed by atoms with van der Waals surface area (Å²) < 4.78 is 0. The van der Waals surface area contributed by atoms with Gasteiger partial charge >= 0.3 is 0 Å². The predicted molar refractivity (Wildman–Crippen MR) is 82.6 cm³/mol. The average molecular weight is 278 g/mol. The van der Waals surface area contributed by atoms with Crippen molar-refractivity contribution in [2.45, 2.75) is 39.5 Å². The first-order chi connectivity index (χ1) is 10.2. The Morgan fingerprint density at radius 2 is 1.95 bits per heavy atom. The second-order valence-corrected chi connectivity index (χ2v) is 5.52. The van der Waals surface area contributed by atoms with Gasteiger partial charge in [-0.2, -0.15) is 5.26 Å². The third kappa shape index (κ3) is 2.73. The number of hydrogen-bond donors (Lipinski definition) is 1. The van der Waals surface area contributed by atoms with Crippen molar-refractivity contribution >= 4 is 11.5 Å². The third-order valence-electron chi connectivity index (χ3n) is 3.90. The molecule has 0 saturated heterocycles. The molecule has 1 aliphatic carbocycles. The van der Waals surface area contributed by atoms with Crippen molar-refractivity contribution in [2.24, 2.45) is 0 Å². The summed E-state index contributed by atoms with van der Waals surface area (Å²) in [6.07, 6.45) is 4.40. The van der Waals surface area contributed by atoms with Crippen molar-refractivity contribution in [1.29, 1.82) is 5.26 Å². The second kappa shape index (κ2) is 5.53. The van der Waals surface area contributed by atoms with Gasteiger partial charge in [0.25, 0.3) is 0 Å². The van der Waals surface area contributed by atoms with Gasteiger partial charge in [0.05, 0.1) is 16.9 Å². The van der Waals surface area contributed by atoms with E-state index in [1.54, 1.807) is 0 Å². The molecule has 0 aliphatic heterocycles. The van der Waals surface area contributed by atoms with Gasteiger partial charge in [-0.05, 0) is 63.3 Å². The Labute approximate surface area is 124 Å². The molecule has 0 atom stereocenters. The number of anilines is 2. The first-order valence-corrected chi connectivity index (χ1v) is 7.31. The van der Waals surface area contributed by atoms with Gasteiger partial charge in [-0.15, -0.1) is 0 Å². The molecule has 21 heavy (non-hydrogen) atoms. The highest BCUT2D eigenvalue weighted by Crippen LogP contribution is 2.27. The lowest BCUT2D eigenvalue weighted by molar-refractivity contribution is 0.668. The molecule has 106 valence electrons. The van der Waals surface area contributed by atoms with Crippen LogP contribution in [0.5, 0.6) is 0 Å². The number of aryl methyl sites for hydroxylation is 4. The lowest BCUT2D eigenvalue weighted by Gasteiger charge is -2.17. The Bertz CT molecular complexity index is 728. The molecule has 0 bridgehead atoms. The highest BCUT2D eigenvalue weighted by Gasteiger charge is 2.15. The van der Waals surface area contributed by atoms with Crippen LogP contribution in [0.4, 0.5) is 11.5 Å². The van der Waals surface area contributed by atoms with Crippen LogP contribution in [0.15, 0.2) is 18.2 Å². The first kappa shape index (κ1) is 13.6. The zero-order valence-corrected chi connectivity index (χ0v) is 12.4. The van der Waals surface area contributed by atoms with E-state index in [9.17, 15) is 5.26 Å². The fourth-order valence-corrected chi connectivity index (χ4v) is 2.76. The molecule has 0 fully saturated rings. The van der Waals surface area contributed by atoms with E-state index in [1.807, 2.05) is 32.0 Å². The Balaban J connectivity index is 1.99. The molecule has 2 aromatic rings. The fourth-order valence-electron chi connectivity index (χ4n) is 2.76. The van der Waals surface area contributed by atoms with E-state index in [2.05, 4.69) is 21.4 Å².